The van der Waals surface area contributed by atoms with Gasteiger partial charge in [-0.3, -0.25) is 9.52 Å². The number of anilines is 2. The average molecular weight is 461 g/mol. The van der Waals surface area contributed by atoms with Crippen LogP contribution in [0, 0.1) is 25.2 Å². The predicted octanol–water partition coefficient (Wildman–Crippen LogP) is 4.52. The zero-order valence-electron chi connectivity index (χ0n) is 19.8. The molecule has 0 spiro atoms. The lowest BCUT2D eigenvalue weighted by molar-refractivity contribution is -0.127. The first kappa shape index (κ1) is 23.9. The molecule has 2 aromatic carbocycles. The van der Waals surface area contributed by atoms with E-state index in [2.05, 4.69) is 4.72 Å². The Balaban J connectivity index is 2.04. The number of hydrogen-bond acceptors (Lipinski definition) is 5. The van der Waals surface area contributed by atoms with Crippen molar-refractivity contribution in [2.75, 3.05) is 29.9 Å². The molecule has 0 bridgehead atoms. The van der Waals surface area contributed by atoms with Crippen molar-refractivity contribution in [1.82, 2.24) is 0 Å². The summed E-state index contributed by atoms with van der Waals surface area (Å²) in [6.07, 6.45) is 0. The molecule has 0 aromatic heterocycles. The lowest BCUT2D eigenvalue weighted by atomic mass is 9.92. The van der Waals surface area contributed by atoms with Crippen molar-refractivity contribution in [2.45, 2.75) is 46.4 Å². The third-order valence-electron chi connectivity index (χ3n) is 5.53. The van der Waals surface area contributed by atoms with Crippen molar-refractivity contribution < 1.29 is 22.7 Å². The summed E-state index contributed by atoms with van der Waals surface area (Å²) < 4.78 is 40.3. The van der Waals surface area contributed by atoms with Crippen LogP contribution in [0.25, 0.3) is 0 Å². The van der Waals surface area contributed by atoms with Crippen molar-refractivity contribution in [3.8, 4) is 11.5 Å². The van der Waals surface area contributed by atoms with Gasteiger partial charge in [-0.1, -0.05) is 13.8 Å². The van der Waals surface area contributed by atoms with E-state index in [1.807, 2.05) is 41.5 Å². The molecule has 0 saturated heterocycles. The molecule has 8 heteroatoms. The molecule has 3 rings (SSSR count). The molecule has 32 heavy (non-hydrogen) atoms. The van der Waals surface area contributed by atoms with E-state index in [0.717, 1.165) is 11.1 Å². The molecule has 0 atom stereocenters. The number of hydrogen-bond donors (Lipinski definition) is 1. The fourth-order valence-corrected chi connectivity index (χ4v) is 4.88. The maximum absolute atomic E-state index is 13.2. The largest absolute Gasteiger partial charge is 0.495 e. The van der Waals surface area contributed by atoms with Crippen LogP contribution in [0.15, 0.2) is 35.2 Å². The first-order valence-electron chi connectivity index (χ1n) is 10.6. The van der Waals surface area contributed by atoms with Gasteiger partial charge in [-0.05, 0) is 75.1 Å². The number of nitrogens with zero attached hydrogens (tertiary/aromatic N) is 1. The number of sulfonamides is 1. The summed E-state index contributed by atoms with van der Waals surface area (Å²) in [4.78, 5) is 15.0. The van der Waals surface area contributed by atoms with Crippen LogP contribution >= 0.6 is 0 Å². The normalized spacial score (nSPS) is 15.8. The Labute approximate surface area is 190 Å². The molecule has 1 amide bonds. The number of benzene rings is 2. The van der Waals surface area contributed by atoms with Crippen LogP contribution in [0.4, 0.5) is 11.4 Å². The number of aryl methyl sites for hydroxylation is 2. The fourth-order valence-electron chi connectivity index (χ4n) is 3.60. The van der Waals surface area contributed by atoms with Crippen molar-refractivity contribution in [3.05, 3.63) is 41.5 Å². The molecule has 1 N–H and O–H groups in total. The zero-order valence-corrected chi connectivity index (χ0v) is 20.6. The number of fused-ring (bicyclic) bond motifs is 1. The van der Waals surface area contributed by atoms with E-state index < -0.39 is 15.4 Å². The van der Waals surface area contributed by atoms with Crippen LogP contribution in [-0.4, -0.2) is 34.6 Å². The molecule has 0 radical (unpaired) electrons. The smallest absolute Gasteiger partial charge is 0.265 e. The molecule has 1 aliphatic rings. The fraction of sp³-hybridized carbons (Fsp3) is 0.458. The van der Waals surface area contributed by atoms with E-state index >= 15 is 0 Å². The van der Waals surface area contributed by atoms with Crippen LogP contribution in [-0.2, 0) is 14.8 Å². The maximum atomic E-state index is 13.2. The predicted molar refractivity (Wildman–Crippen MR) is 126 cm³/mol. The molecule has 0 fully saturated rings. The molecule has 0 unspecified atom stereocenters. The number of methoxy groups -OCH3 is 1. The van der Waals surface area contributed by atoms with E-state index in [0.29, 0.717) is 23.7 Å². The van der Waals surface area contributed by atoms with Gasteiger partial charge in [-0.2, -0.15) is 0 Å². The van der Waals surface area contributed by atoms with E-state index in [1.54, 1.807) is 35.2 Å². The molecule has 0 aliphatic carbocycles. The Morgan fingerprint density at radius 2 is 1.81 bits per heavy atom. The van der Waals surface area contributed by atoms with Gasteiger partial charge in [0.25, 0.3) is 10.0 Å². The highest BCUT2D eigenvalue weighted by Crippen LogP contribution is 2.39. The summed E-state index contributed by atoms with van der Waals surface area (Å²) in [6, 6.07) is 8.30. The third-order valence-corrected chi connectivity index (χ3v) is 6.93. The summed E-state index contributed by atoms with van der Waals surface area (Å²) in [5.74, 6) is 0.995. The summed E-state index contributed by atoms with van der Waals surface area (Å²) in [6.45, 7) is 12.3. The third kappa shape index (κ3) is 4.70. The van der Waals surface area contributed by atoms with Crippen LogP contribution in [0.2, 0.25) is 0 Å². The molecule has 7 nitrogen and oxygen atoms in total. The number of amides is 1. The number of nitrogens with one attached hydrogen (secondary N) is 1. The number of carbonyl (C=O) groups is 1. The SMILES string of the molecule is COc1cc(C)c(C)cc1S(=O)(=O)Nc1ccc2c(c1)N(CC(C)C)C(=O)C(C)(C)CO2. The molecule has 0 saturated carbocycles. The Kier molecular flexibility index (Phi) is 6.47. The lowest BCUT2D eigenvalue weighted by Crippen LogP contribution is -2.43. The van der Waals surface area contributed by atoms with Gasteiger partial charge >= 0.3 is 0 Å². The second kappa shape index (κ2) is 8.65. The standard InChI is InChI=1S/C24H32N2O5S/c1-15(2)13-26-19-12-18(8-9-20(19)31-14-24(5,6)23(26)27)25-32(28,29)22-11-17(4)16(3)10-21(22)30-7/h8-12,15,25H,13-14H2,1-7H3. The van der Waals surface area contributed by atoms with Crippen molar-refractivity contribution in [1.29, 1.82) is 0 Å². The highest BCUT2D eigenvalue weighted by Gasteiger charge is 2.38. The Hall–Kier alpha value is -2.74. The number of rotatable bonds is 6. The minimum atomic E-state index is -3.93. The monoisotopic (exact) mass is 460 g/mol. The van der Waals surface area contributed by atoms with Gasteiger partial charge in [0.15, 0.2) is 0 Å². The topological polar surface area (TPSA) is 84.9 Å². The van der Waals surface area contributed by atoms with E-state index in [9.17, 15) is 13.2 Å². The van der Waals surface area contributed by atoms with Gasteiger partial charge in [0.2, 0.25) is 5.91 Å². The molecular weight excluding hydrogens is 428 g/mol. The van der Waals surface area contributed by atoms with Gasteiger partial charge in [0.05, 0.1) is 23.9 Å². The van der Waals surface area contributed by atoms with Crippen molar-refractivity contribution in [3.63, 3.8) is 0 Å². The maximum Gasteiger partial charge on any atom is 0.265 e. The van der Waals surface area contributed by atoms with Gasteiger partial charge in [0, 0.05) is 6.54 Å². The van der Waals surface area contributed by atoms with Gasteiger partial charge < -0.3 is 14.4 Å². The van der Waals surface area contributed by atoms with Crippen LogP contribution in [0.1, 0.15) is 38.8 Å². The van der Waals surface area contributed by atoms with Gasteiger partial charge in [-0.25, -0.2) is 8.42 Å². The summed E-state index contributed by atoms with van der Waals surface area (Å²) in [7, 11) is -2.48. The number of carbonyl (C=O) groups excluding carboxylic acids is 1. The summed E-state index contributed by atoms with van der Waals surface area (Å²) in [5.41, 5.74) is 1.99. The van der Waals surface area contributed by atoms with Crippen LogP contribution < -0.4 is 19.1 Å². The lowest BCUT2D eigenvalue weighted by Gasteiger charge is -2.29. The van der Waals surface area contributed by atoms with Gasteiger partial charge in [-0.15, -0.1) is 0 Å². The number of ether oxygens (including phenoxy) is 2. The minimum Gasteiger partial charge on any atom is -0.495 e. The Morgan fingerprint density at radius 1 is 1.16 bits per heavy atom. The quantitative estimate of drug-likeness (QED) is 0.685. The van der Waals surface area contributed by atoms with E-state index in [1.165, 1.54) is 7.11 Å². The zero-order chi connectivity index (χ0) is 23.8. The molecule has 2 aromatic rings. The summed E-state index contributed by atoms with van der Waals surface area (Å²) in [5, 5.41) is 0. The molecule has 174 valence electrons. The summed E-state index contributed by atoms with van der Waals surface area (Å²) >= 11 is 0. The Bertz CT molecular complexity index is 1140. The van der Waals surface area contributed by atoms with E-state index in [-0.39, 0.29) is 29.1 Å². The van der Waals surface area contributed by atoms with Crippen LogP contribution in [0.3, 0.4) is 0 Å². The highest BCUT2D eigenvalue weighted by atomic mass is 32.2. The Morgan fingerprint density at radius 3 is 2.44 bits per heavy atom. The molecule has 1 heterocycles. The molecular formula is C24H32N2O5S. The van der Waals surface area contributed by atoms with Crippen molar-refractivity contribution in [2.24, 2.45) is 11.3 Å². The first-order valence-corrected chi connectivity index (χ1v) is 12.1. The highest BCUT2D eigenvalue weighted by molar-refractivity contribution is 7.92. The average Bonchev–Trinajstić information content (AvgIpc) is 2.79. The van der Waals surface area contributed by atoms with Crippen molar-refractivity contribution >= 4 is 27.3 Å². The second-order valence-corrected chi connectivity index (χ2v) is 11.0. The minimum absolute atomic E-state index is 0.0548. The van der Waals surface area contributed by atoms with Gasteiger partial charge in [0.1, 0.15) is 23.0 Å². The first-order chi connectivity index (χ1) is 14.9. The van der Waals surface area contributed by atoms with Crippen LogP contribution in [0.5, 0.6) is 11.5 Å². The molecule has 1 aliphatic heterocycles. The van der Waals surface area contributed by atoms with E-state index in [4.69, 9.17) is 9.47 Å². The second-order valence-electron chi connectivity index (χ2n) is 9.36.